The second-order valence-electron chi connectivity index (χ2n) is 5.83. The minimum absolute atomic E-state index is 0.271. The Balaban J connectivity index is 1.70. The first-order valence-electron chi connectivity index (χ1n) is 7.32. The number of aliphatic hydroxyl groups excluding tert-OH is 1. The number of fused-ring (bicyclic) bond motifs is 1. The van der Waals surface area contributed by atoms with E-state index in [9.17, 15) is 5.11 Å². The second kappa shape index (κ2) is 5.38. The van der Waals surface area contributed by atoms with E-state index < -0.39 is 0 Å². The number of anilines is 1. The lowest BCUT2D eigenvalue weighted by Crippen LogP contribution is -2.48. The monoisotopic (exact) mass is 281 g/mol. The van der Waals surface area contributed by atoms with Gasteiger partial charge in [0.05, 0.1) is 16.7 Å². The molecule has 19 heavy (non-hydrogen) atoms. The van der Waals surface area contributed by atoms with E-state index in [-0.39, 0.29) is 6.10 Å². The summed E-state index contributed by atoms with van der Waals surface area (Å²) in [5.74, 6) is 0. The van der Waals surface area contributed by atoms with Crippen LogP contribution in [-0.4, -0.2) is 47.2 Å². The van der Waals surface area contributed by atoms with Gasteiger partial charge in [0.1, 0.15) is 0 Å². The van der Waals surface area contributed by atoms with Crippen LogP contribution in [-0.2, 0) is 6.42 Å². The molecule has 1 saturated heterocycles. The molecule has 0 bridgehead atoms. The molecule has 0 aromatic carbocycles. The fourth-order valence-electron chi connectivity index (χ4n) is 2.95. The fourth-order valence-corrected chi connectivity index (χ4v) is 4.13. The molecule has 1 atom stereocenters. The van der Waals surface area contributed by atoms with Gasteiger partial charge in [-0.1, -0.05) is 11.3 Å². The summed E-state index contributed by atoms with van der Waals surface area (Å²) in [5.41, 5.74) is 1.14. The Morgan fingerprint density at radius 1 is 1.26 bits per heavy atom. The van der Waals surface area contributed by atoms with Crippen LogP contribution < -0.4 is 4.90 Å². The first-order chi connectivity index (χ1) is 9.15. The molecule has 3 rings (SSSR count). The summed E-state index contributed by atoms with van der Waals surface area (Å²) < 4.78 is 0. The number of thiazole rings is 1. The molecule has 0 spiro atoms. The van der Waals surface area contributed by atoms with Gasteiger partial charge >= 0.3 is 0 Å². The number of aryl methyl sites for hydroxylation is 1. The number of piperazine rings is 1. The smallest absolute Gasteiger partial charge is 0.185 e. The molecule has 106 valence electrons. The Morgan fingerprint density at radius 2 is 2.00 bits per heavy atom. The minimum atomic E-state index is -0.271. The molecular formula is C14H23N3OS. The predicted molar refractivity (Wildman–Crippen MR) is 78.9 cm³/mol. The van der Waals surface area contributed by atoms with Crippen molar-refractivity contribution in [2.45, 2.75) is 45.3 Å². The van der Waals surface area contributed by atoms with E-state index in [0.29, 0.717) is 6.04 Å². The van der Waals surface area contributed by atoms with Crippen molar-refractivity contribution in [3.8, 4) is 0 Å². The second-order valence-corrected chi connectivity index (χ2v) is 6.84. The molecule has 0 radical (unpaired) electrons. The van der Waals surface area contributed by atoms with Crippen LogP contribution in [0, 0.1) is 0 Å². The van der Waals surface area contributed by atoms with E-state index in [4.69, 9.17) is 4.98 Å². The molecule has 1 aliphatic carbocycles. The number of hydrogen-bond acceptors (Lipinski definition) is 5. The first kappa shape index (κ1) is 13.3. The molecule has 1 fully saturated rings. The van der Waals surface area contributed by atoms with Crippen molar-refractivity contribution < 1.29 is 5.11 Å². The van der Waals surface area contributed by atoms with Gasteiger partial charge in [0.25, 0.3) is 0 Å². The van der Waals surface area contributed by atoms with Gasteiger partial charge in [0.15, 0.2) is 5.13 Å². The van der Waals surface area contributed by atoms with Gasteiger partial charge in [-0.2, -0.15) is 0 Å². The number of rotatable bonds is 2. The van der Waals surface area contributed by atoms with Crippen molar-refractivity contribution in [3.63, 3.8) is 0 Å². The van der Waals surface area contributed by atoms with Crippen molar-refractivity contribution in [3.05, 3.63) is 10.6 Å². The highest BCUT2D eigenvalue weighted by Gasteiger charge is 2.26. The van der Waals surface area contributed by atoms with Crippen LogP contribution in [0.25, 0.3) is 0 Å². The Bertz CT molecular complexity index is 438. The molecule has 1 aliphatic heterocycles. The third-order valence-corrected chi connectivity index (χ3v) is 5.48. The topological polar surface area (TPSA) is 39.6 Å². The van der Waals surface area contributed by atoms with Crippen LogP contribution in [0.4, 0.5) is 5.13 Å². The van der Waals surface area contributed by atoms with Crippen LogP contribution in [0.3, 0.4) is 0 Å². The van der Waals surface area contributed by atoms with E-state index in [0.717, 1.165) is 61.1 Å². The van der Waals surface area contributed by atoms with E-state index >= 15 is 0 Å². The quantitative estimate of drug-likeness (QED) is 0.900. The molecule has 5 heteroatoms. The van der Waals surface area contributed by atoms with Crippen molar-refractivity contribution in [1.29, 1.82) is 0 Å². The average molecular weight is 281 g/mol. The summed E-state index contributed by atoms with van der Waals surface area (Å²) in [7, 11) is 0. The summed E-state index contributed by atoms with van der Waals surface area (Å²) in [5, 5.41) is 11.2. The van der Waals surface area contributed by atoms with E-state index in [1.807, 2.05) is 0 Å². The Morgan fingerprint density at radius 3 is 2.63 bits per heavy atom. The molecule has 0 amide bonds. The molecule has 1 aromatic rings. The van der Waals surface area contributed by atoms with Crippen LogP contribution in [0.1, 0.15) is 43.4 Å². The molecule has 2 heterocycles. The zero-order valence-corrected chi connectivity index (χ0v) is 12.6. The molecule has 2 aliphatic rings. The molecule has 1 aromatic heterocycles. The Hall–Kier alpha value is -0.650. The molecular weight excluding hydrogens is 258 g/mol. The average Bonchev–Trinajstić information content (AvgIpc) is 2.84. The maximum absolute atomic E-state index is 10.0. The van der Waals surface area contributed by atoms with Gasteiger partial charge < -0.3 is 10.0 Å². The highest BCUT2D eigenvalue weighted by molar-refractivity contribution is 7.15. The standard InChI is InChI=1S/C14H23N3OS/c1-10(2)16-6-8-17(9-7-16)14-15-11-4-3-5-12(18)13(11)19-14/h10,12,18H,3-9H2,1-2H3. The van der Waals surface area contributed by atoms with Crippen molar-refractivity contribution >= 4 is 16.5 Å². The van der Waals surface area contributed by atoms with Crippen LogP contribution in [0.5, 0.6) is 0 Å². The highest BCUT2D eigenvalue weighted by atomic mass is 32.1. The first-order valence-corrected chi connectivity index (χ1v) is 8.13. The van der Waals surface area contributed by atoms with Crippen molar-refractivity contribution in [2.24, 2.45) is 0 Å². The number of aliphatic hydroxyl groups is 1. The van der Waals surface area contributed by atoms with E-state index in [1.165, 1.54) is 0 Å². The lowest BCUT2D eigenvalue weighted by atomic mass is 10.0. The molecule has 0 saturated carbocycles. The summed E-state index contributed by atoms with van der Waals surface area (Å²) >= 11 is 1.71. The number of hydrogen-bond donors (Lipinski definition) is 1. The number of nitrogens with zero attached hydrogens (tertiary/aromatic N) is 3. The maximum atomic E-state index is 10.0. The highest BCUT2D eigenvalue weighted by Crippen LogP contribution is 2.37. The molecule has 1 N–H and O–H groups in total. The Kier molecular flexibility index (Phi) is 3.78. The van der Waals surface area contributed by atoms with Crippen molar-refractivity contribution in [2.75, 3.05) is 31.1 Å². The summed E-state index contributed by atoms with van der Waals surface area (Å²) in [6.45, 7) is 8.86. The fraction of sp³-hybridized carbons (Fsp3) is 0.786. The zero-order valence-electron chi connectivity index (χ0n) is 11.8. The van der Waals surface area contributed by atoms with Crippen molar-refractivity contribution in [1.82, 2.24) is 9.88 Å². The van der Waals surface area contributed by atoms with Gasteiger partial charge in [-0.3, -0.25) is 4.90 Å². The maximum Gasteiger partial charge on any atom is 0.185 e. The molecule has 4 nitrogen and oxygen atoms in total. The Labute approximate surface area is 119 Å². The summed E-state index contributed by atoms with van der Waals surface area (Å²) in [4.78, 5) is 10.8. The van der Waals surface area contributed by atoms with Gasteiger partial charge in [0.2, 0.25) is 0 Å². The van der Waals surface area contributed by atoms with E-state index in [1.54, 1.807) is 11.3 Å². The predicted octanol–water partition coefficient (Wildman–Crippen LogP) is 2.04. The third kappa shape index (κ3) is 2.64. The molecule has 1 unspecified atom stereocenters. The summed E-state index contributed by atoms with van der Waals surface area (Å²) in [6, 6.07) is 0.633. The minimum Gasteiger partial charge on any atom is -0.388 e. The van der Waals surface area contributed by atoms with Gasteiger partial charge in [0, 0.05) is 32.2 Å². The van der Waals surface area contributed by atoms with Crippen LogP contribution in [0.2, 0.25) is 0 Å². The largest absolute Gasteiger partial charge is 0.388 e. The normalized spacial score (nSPS) is 24.8. The summed E-state index contributed by atoms with van der Waals surface area (Å²) in [6.07, 6.45) is 2.73. The number of aromatic nitrogens is 1. The third-order valence-electron chi connectivity index (χ3n) is 4.23. The lowest BCUT2D eigenvalue weighted by molar-refractivity contribution is 0.160. The zero-order chi connectivity index (χ0) is 13.4. The van der Waals surface area contributed by atoms with Gasteiger partial charge in [-0.05, 0) is 33.1 Å². The SMILES string of the molecule is CC(C)N1CCN(c2nc3c(s2)C(O)CCC3)CC1. The van der Waals surface area contributed by atoms with Gasteiger partial charge in [-0.15, -0.1) is 0 Å². The van der Waals surface area contributed by atoms with E-state index in [2.05, 4.69) is 23.6 Å². The lowest BCUT2D eigenvalue weighted by Gasteiger charge is -2.36. The van der Waals surface area contributed by atoms with Crippen LogP contribution >= 0.6 is 11.3 Å². The van der Waals surface area contributed by atoms with Gasteiger partial charge in [-0.25, -0.2) is 4.98 Å². The van der Waals surface area contributed by atoms with Crippen LogP contribution in [0.15, 0.2) is 0 Å².